The van der Waals surface area contributed by atoms with E-state index in [4.69, 9.17) is 9.84 Å². The van der Waals surface area contributed by atoms with Gasteiger partial charge in [0.1, 0.15) is 0 Å². The molecular formula is C15H20N2O4. The summed E-state index contributed by atoms with van der Waals surface area (Å²) in [6, 6.07) is 4.61. The quantitative estimate of drug-likeness (QED) is 0.877. The van der Waals surface area contributed by atoms with Gasteiger partial charge in [-0.15, -0.1) is 0 Å². The highest BCUT2D eigenvalue weighted by atomic mass is 16.5. The largest absolute Gasteiger partial charge is 0.478 e. The molecule has 2 N–H and O–H groups in total. The summed E-state index contributed by atoms with van der Waals surface area (Å²) in [6.45, 7) is 7.10. The van der Waals surface area contributed by atoms with Crippen LogP contribution in [0.5, 0.6) is 0 Å². The summed E-state index contributed by atoms with van der Waals surface area (Å²) in [5.74, 6) is -1.00. The summed E-state index contributed by atoms with van der Waals surface area (Å²) in [6.07, 6.45) is 0. The molecule has 0 unspecified atom stereocenters. The first-order valence-electron chi connectivity index (χ1n) is 6.82. The molecule has 1 aromatic rings. The lowest BCUT2D eigenvalue weighted by molar-refractivity contribution is -0.0720. The average Bonchev–Trinajstić information content (AvgIpc) is 2.39. The highest BCUT2D eigenvalue weighted by molar-refractivity contribution is 5.94. The van der Waals surface area contributed by atoms with Gasteiger partial charge in [0.25, 0.3) is 0 Å². The highest BCUT2D eigenvalue weighted by Crippen LogP contribution is 2.19. The molecule has 6 nitrogen and oxygen atoms in total. The lowest BCUT2D eigenvalue weighted by Gasteiger charge is -2.38. The molecule has 0 aromatic heterocycles. The molecule has 0 spiro atoms. The number of amides is 2. The van der Waals surface area contributed by atoms with Crippen LogP contribution in [0.4, 0.5) is 10.5 Å². The second-order valence-corrected chi connectivity index (χ2v) is 5.79. The average molecular weight is 292 g/mol. The number of urea groups is 1. The molecule has 1 fully saturated rings. The number of carbonyl (C=O) groups is 2. The van der Waals surface area contributed by atoms with Crippen molar-refractivity contribution < 1.29 is 19.4 Å². The zero-order chi connectivity index (χ0) is 15.6. The van der Waals surface area contributed by atoms with Crippen LogP contribution in [0.15, 0.2) is 18.2 Å². The topological polar surface area (TPSA) is 78.9 Å². The van der Waals surface area contributed by atoms with Crippen LogP contribution in [0, 0.1) is 6.92 Å². The molecule has 0 saturated carbocycles. The molecule has 2 amide bonds. The van der Waals surface area contributed by atoms with Crippen molar-refractivity contribution in [3.05, 3.63) is 29.3 Å². The molecule has 0 atom stereocenters. The number of nitrogens with zero attached hydrogens (tertiary/aromatic N) is 1. The Kier molecular flexibility index (Phi) is 4.18. The summed E-state index contributed by atoms with van der Waals surface area (Å²) in [4.78, 5) is 25.0. The summed E-state index contributed by atoms with van der Waals surface area (Å²) in [5, 5.41) is 11.8. The van der Waals surface area contributed by atoms with Gasteiger partial charge in [0.2, 0.25) is 0 Å². The van der Waals surface area contributed by atoms with E-state index in [9.17, 15) is 9.59 Å². The van der Waals surface area contributed by atoms with Crippen LogP contribution < -0.4 is 5.32 Å². The Hall–Kier alpha value is -2.08. The normalized spacial score (nSPS) is 17.4. The Labute approximate surface area is 123 Å². The smallest absolute Gasteiger partial charge is 0.336 e. The Morgan fingerprint density at radius 1 is 1.38 bits per heavy atom. The van der Waals surface area contributed by atoms with E-state index in [1.807, 2.05) is 13.8 Å². The van der Waals surface area contributed by atoms with Crippen molar-refractivity contribution in [2.24, 2.45) is 0 Å². The molecule has 6 heteroatoms. The predicted octanol–water partition coefficient (Wildman–Crippen LogP) is 2.34. The second kappa shape index (κ2) is 5.73. The third-order valence-corrected chi connectivity index (χ3v) is 3.43. The van der Waals surface area contributed by atoms with Gasteiger partial charge in [0.05, 0.1) is 24.3 Å². The number of aryl methyl sites for hydroxylation is 1. The molecule has 0 bridgehead atoms. The Balaban J connectivity index is 2.09. The van der Waals surface area contributed by atoms with Gasteiger partial charge in [-0.2, -0.15) is 0 Å². The molecule has 1 aliphatic heterocycles. The van der Waals surface area contributed by atoms with E-state index in [0.717, 1.165) is 0 Å². The van der Waals surface area contributed by atoms with Crippen LogP contribution in [-0.4, -0.2) is 47.3 Å². The molecule has 1 aliphatic rings. The van der Waals surface area contributed by atoms with Crippen molar-refractivity contribution in [3.63, 3.8) is 0 Å². The first-order chi connectivity index (χ1) is 9.78. The maximum atomic E-state index is 12.2. The van der Waals surface area contributed by atoms with E-state index >= 15 is 0 Å². The van der Waals surface area contributed by atoms with Crippen molar-refractivity contribution in [2.45, 2.75) is 26.4 Å². The molecule has 0 radical (unpaired) electrons. The van der Waals surface area contributed by atoms with Gasteiger partial charge in [-0.1, -0.05) is 6.07 Å². The zero-order valence-corrected chi connectivity index (χ0v) is 12.5. The SMILES string of the molecule is Cc1ccc(NC(=O)N2CCOC(C)(C)C2)cc1C(=O)O. The van der Waals surface area contributed by atoms with Gasteiger partial charge in [-0.05, 0) is 38.5 Å². The minimum Gasteiger partial charge on any atom is -0.478 e. The Bertz CT molecular complexity index is 569. The van der Waals surface area contributed by atoms with Crippen molar-refractivity contribution in [3.8, 4) is 0 Å². The number of ether oxygens (including phenoxy) is 1. The van der Waals surface area contributed by atoms with Crippen LogP contribution in [0.1, 0.15) is 29.8 Å². The summed E-state index contributed by atoms with van der Waals surface area (Å²) >= 11 is 0. The van der Waals surface area contributed by atoms with Gasteiger partial charge >= 0.3 is 12.0 Å². The summed E-state index contributed by atoms with van der Waals surface area (Å²) < 4.78 is 5.56. The Morgan fingerprint density at radius 3 is 2.71 bits per heavy atom. The standard InChI is InChI=1S/C15H20N2O4/c1-10-4-5-11(8-12(10)13(18)19)16-14(20)17-6-7-21-15(2,3)9-17/h4-5,8H,6-7,9H2,1-3H3,(H,16,20)(H,18,19). The van der Waals surface area contributed by atoms with E-state index in [2.05, 4.69) is 5.32 Å². The highest BCUT2D eigenvalue weighted by Gasteiger charge is 2.30. The first kappa shape index (κ1) is 15.3. The number of rotatable bonds is 2. The monoisotopic (exact) mass is 292 g/mol. The number of aromatic carboxylic acids is 1. The number of carboxylic acids is 1. The van der Waals surface area contributed by atoms with Crippen LogP contribution >= 0.6 is 0 Å². The first-order valence-corrected chi connectivity index (χ1v) is 6.82. The third-order valence-electron chi connectivity index (χ3n) is 3.43. The molecule has 0 aliphatic carbocycles. The van der Waals surface area contributed by atoms with E-state index in [0.29, 0.717) is 30.9 Å². The molecular weight excluding hydrogens is 272 g/mol. The number of benzene rings is 1. The number of nitrogens with one attached hydrogen (secondary N) is 1. The summed E-state index contributed by atoms with van der Waals surface area (Å²) in [5.41, 5.74) is 0.963. The molecule has 1 heterocycles. The Morgan fingerprint density at radius 2 is 2.10 bits per heavy atom. The molecule has 21 heavy (non-hydrogen) atoms. The number of anilines is 1. The fourth-order valence-corrected chi connectivity index (χ4v) is 2.32. The van der Waals surface area contributed by atoms with E-state index in [1.54, 1.807) is 24.0 Å². The van der Waals surface area contributed by atoms with Gasteiger partial charge in [0.15, 0.2) is 0 Å². The van der Waals surface area contributed by atoms with Crippen molar-refractivity contribution >= 4 is 17.7 Å². The number of morpholine rings is 1. The maximum Gasteiger partial charge on any atom is 0.336 e. The third kappa shape index (κ3) is 3.72. The number of carboxylic acid groups (broad SMARTS) is 1. The van der Waals surface area contributed by atoms with Gasteiger partial charge in [-0.25, -0.2) is 9.59 Å². The van der Waals surface area contributed by atoms with E-state index in [-0.39, 0.29) is 17.2 Å². The maximum absolute atomic E-state index is 12.2. The van der Waals surface area contributed by atoms with E-state index in [1.165, 1.54) is 6.07 Å². The minimum absolute atomic E-state index is 0.190. The minimum atomic E-state index is -1.00. The van der Waals surface area contributed by atoms with Crippen LogP contribution in [-0.2, 0) is 4.74 Å². The number of hydrogen-bond donors (Lipinski definition) is 2. The fraction of sp³-hybridized carbons (Fsp3) is 0.467. The lowest BCUT2D eigenvalue weighted by atomic mass is 10.1. The van der Waals surface area contributed by atoms with Crippen molar-refractivity contribution in [1.82, 2.24) is 4.90 Å². The lowest BCUT2D eigenvalue weighted by Crippen LogP contribution is -2.51. The number of carbonyl (C=O) groups excluding carboxylic acids is 1. The van der Waals surface area contributed by atoms with Crippen molar-refractivity contribution in [1.29, 1.82) is 0 Å². The fourth-order valence-electron chi connectivity index (χ4n) is 2.32. The van der Waals surface area contributed by atoms with Crippen molar-refractivity contribution in [2.75, 3.05) is 25.0 Å². The van der Waals surface area contributed by atoms with Gasteiger partial charge < -0.3 is 20.1 Å². The van der Waals surface area contributed by atoms with Crippen LogP contribution in [0.25, 0.3) is 0 Å². The molecule has 2 rings (SSSR count). The summed E-state index contributed by atoms with van der Waals surface area (Å²) in [7, 11) is 0. The molecule has 114 valence electrons. The van der Waals surface area contributed by atoms with Crippen LogP contribution in [0.3, 0.4) is 0 Å². The molecule has 1 aromatic carbocycles. The number of hydrogen-bond acceptors (Lipinski definition) is 3. The predicted molar refractivity (Wildman–Crippen MR) is 78.8 cm³/mol. The van der Waals surface area contributed by atoms with E-state index < -0.39 is 5.97 Å². The molecule has 1 saturated heterocycles. The second-order valence-electron chi connectivity index (χ2n) is 5.79. The zero-order valence-electron chi connectivity index (χ0n) is 12.5. The van der Waals surface area contributed by atoms with Crippen LogP contribution in [0.2, 0.25) is 0 Å². The van der Waals surface area contributed by atoms with Gasteiger partial charge in [-0.3, -0.25) is 0 Å². The van der Waals surface area contributed by atoms with Gasteiger partial charge in [0, 0.05) is 12.2 Å².